The highest BCUT2D eigenvalue weighted by Gasteiger charge is 2.33. The van der Waals surface area contributed by atoms with Crippen LogP contribution in [0.1, 0.15) is 29.2 Å². The van der Waals surface area contributed by atoms with Crippen LogP contribution in [0.4, 0.5) is 0 Å². The van der Waals surface area contributed by atoms with E-state index >= 15 is 0 Å². The largest absolute Gasteiger partial charge is 0.375 e. The van der Waals surface area contributed by atoms with Gasteiger partial charge in [0.25, 0.3) is 0 Å². The van der Waals surface area contributed by atoms with Gasteiger partial charge in [-0.25, -0.2) is 5.01 Å². The van der Waals surface area contributed by atoms with Crippen molar-refractivity contribution < 1.29 is 0 Å². The van der Waals surface area contributed by atoms with Crippen molar-refractivity contribution in [3.05, 3.63) is 70.2 Å². The molecule has 0 saturated heterocycles. The zero-order chi connectivity index (χ0) is 20.1. The smallest absolute Gasteiger partial charge is 0.187 e. The van der Waals surface area contributed by atoms with Gasteiger partial charge >= 0.3 is 0 Å². The fourth-order valence-electron chi connectivity index (χ4n) is 3.74. The van der Waals surface area contributed by atoms with E-state index in [4.69, 9.17) is 34.7 Å². The Bertz CT molecular complexity index is 1300. The number of aromatic nitrogens is 4. The lowest BCUT2D eigenvalue weighted by molar-refractivity contribution is 0.374. The highest BCUT2D eigenvalue weighted by atomic mass is 35.5. The number of pyridine rings is 1. The van der Waals surface area contributed by atoms with Crippen molar-refractivity contribution in [1.82, 2.24) is 25.0 Å². The van der Waals surface area contributed by atoms with Crippen molar-refractivity contribution >= 4 is 51.2 Å². The highest BCUT2D eigenvalue weighted by Crippen LogP contribution is 2.36. The molecule has 0 aliphatic carbocycles. The van der Waals surface area contributed by atoms with Gasteiger partial charge in [0, 0.05) is 22.4 Å². The third-order valence-electron chi connectivity index (χ3n) is 5.13. The molecule has 2 aromatic carbocycles. The van der Waals surface area contributed by atoms with Crippen molar-refractivity contribution in [2.75, 3.05) is 0 Å². The number of nitrogens with zero attached hydrogens (tertiary/aromatic N) is 6. The van der Waals surface area contributed by atoms with Gasteiger partial charge in [0.05, 0.1) is 17.3 Å². The number of thiocarbonyl (C=S) groups is 1. The number of rotatable bonds is 2. The van der Waals surface area contributed by atoms with Crippen LogP contribution in [0.25, 0.3) is 16.6 Å². The summed E-state index contributed by atoms with van der Waals surface area (Å²) in [6, 6.07) is 15.7. The number of hydrogen-bond donors (Lipinski definition) is 1. The van der Waals surface area contributed by atoms with Gasteiger partial charge < -0.3 is 5.73 Å². The molecule has 1 unspecified atom stereocenters. The number of tetrazole rings is 1. The first-order valence-electron chi connectivity index (χ1n) is 9.05. The summed E-state index contributed by atoms with van der Waals surface area (Å²) in [6.07, 6.45) is 0.624. The number of halogens is 1. The molecule has 2 aromatic heterocycles. The molecule has 1 aliphatic heterocycles. The highest BCUT2D eigenvalue weighted by molar-refractivity contribution is 7.80. The lowest BCUT2D eigenvalue weighted by Gasteiger charge is -2.22. The van der Waals surface area contributed by atoms with E-state index in [0.717, 1.165) is 33.3 Å². The zero-order valence-electron chi connectivity index (χ0n) is 15.5. The van der Waals surface area contributed by atoms with Crippen LogP contribution in [-0.4, -0.2) is 35.9 Å². The molecular formula is C20H16ClN7S. The molecule has 0 fully saturated rings. The fraction of sp³-hybridized carbons (Fsp3) is 0.150. The molecule has 3 heterocycles. The van der Waals surface area contributed by atoms with Crippen LogP contribution < -0.4 is 5.73 Å². The summed E-state index contributed by atoms with van der Waals surface area (Å²) in [7, 11) is 0. The van der Waals surface area contributed by atoms with E-state index in [0.29, 0.717) is 17.1 Å². The predicted octanol–water partition coefficient (Wildman–Crippen LogP) is 3.63. The minimum Gasteiger partial charge on any atom is -0.375 e. The van der Waals surface area contributed by atoms with Crippen molar-refractivity contribution in [2.45, 2.75) is 19.4 Å². The lowest BCUT2D eigenvalue weighted by Crippen LogP contribution is -2.32. The van der Waals surface area contributed by atoms with Crippen molar-refractivity contribution in [3.8, 4) is 0 Å². The Morgan fingerprint density at radius 2 is 1.97 bits per heavy atom. The monoisotopic (exact) mass is 421 g/mol. The van der Waals surface area contributed by atoms with Crippen LogP contribution in [0.5, 0.6) is 0 Å². The molecule has 29 heavy (non-hydrogen) atoms. The topological polar surface area (TPSA) is 84.7 Å². The third kappa shape index (κ3) is 3.01. The van der Waals surface area contributed by atoms with E-state index in [1.807, 2.05) is 31.2 Å². The Morgan fingerprint density at radius 3 is 2.72 bits per heavy atom. The molecule has 2 N–H and O–H groups in total. The SMILES string of the molecule is Cc1ccc2cc(C3CC(c4ccc(Cl)cc4)=NN3C(N)=S)c3nnnn3c2c1. The molecular weight excluding hydrogens is 406 g/mol. The molecule has 144 valence electrons. The van der Waals surface area contributed by atoms with Crippen LogP contribution in [0.2, 0.25) is 5.02 Å². The van der Waals surface area contributed by atoms with Crippen LogP contribution in [0.15, 0.2) is 53.6 Å². The average Bonchev–Trinajstić information content (AvgIpc) is 3.36. The molecule has 0 spiro atoms. The number of hydrogen-bond acceptors (Lipinski definition) is 5. The number of nitrogens with two attached hydrogens (primary N) is 1. The molecule has 0 amide bonds. The van der Waals surface area contributed by atoms with E-state index in [1.54, 1.807) is 9.52 Å². The third-order valence-corrected chi connectivity index (χ3v) is 5.56. The minimum atomic E-state index is -0.197. The summed E-state index contributed by atoms with van der Waals surface area (Å²) < 4.78 is 1.76. The number of aryl methyl sites for hydroxylation is 1. The van der Waals surface area contributed by atoms with Crippen molar-refractivity contribution in [1.29, 1.82) is 0 Å². The van der Waals surface area contributed by atoms with Gasteiger partial charge in [-0.2, -0.15) is 9.62 Å². The van der Waals surface area contributed by atoms with E-state index in [1.165, 1.54) is 0 Å². The molecule has 0 bridgehead atoms. The van der Waals surface area contributed by atoms with E-state index in [2.05, 4.69) is 39.8 Å². The lowest BCUT2D eigenvalue weighted by atomic mass is 9.98. The maximum Gasteiger partial charge on any atom is 0.187 e. The number of fused-ring (bicyclic) bond motifs is 3. The second-order valence-electron chi connectivity index (χ2n) is 7.03. The van der Waals surface area contributed by atoms with Crippen LogP contribution in [0, 0.1) is 6.92 Å². The Labute approximate surface area is 176 Å². The number of benzene rings is 2. The van der Waals surface area contributed by atoms with Gasteiger partial charge in [0.15, 0.2) is 10.8 Å². The molecule has 1 aliphatic rings. The second-order valence-corrected chi connectivity index (χ2v) is 7.89. The Hall–Kier alpha value is -3.10. The van der Waals surface area contributed by atoms with Gasteiger partial charge in [-0.05, 0) is 65.0 Å². The molecule has 7 nitrogen and oxygen atoms in total. The van der Waals surface area contributed by atoms with Gasteiger partial charge in [-0.1, -0.05) is 35.9 Å². The van der Waals surface area contributed by atoms with Crippen LogP contribution in [0.3, 0.4) is 0 Å². The van der Waals surface area contributed by atoms with Crippen molar-refractivity contribution in [3.63, 3.8) is 0 Å². The molecule has 0 radical (unpaired) electrons. The molecule has 4 aromatic rings. The summed E-state index contributed by atoms with van der Waals surface area (Å²) in [4.78, 5) is 0. The summed E-state index contributed by atoms with van der Waals surface area (Å²) in [5, 5.41) is 20.6. The summed E-state index contributed by atoms with van der Waals surface area (Å²) >= 11 is 11.3. The minimum absolute atomic E-state index is 0.197. The summed E-state index contributed by atoms with van der Waals surface area (Å²) in [6.45, 7) is 2.04. The number of hydrazone groups is 1. The predicted molar refractivity (Wildman–Crippen MR) is 117 cm³/mol. The first-order valence-corrected chi connectivity index (χ1v) is 9.83. The molecule has 9 heteroatoms. The summed E-state index contributed by atoms with van der Waals surface area (Å²) in [5.74, 6) is 0. The zero-order valence-corrected chi connectivity index (χ0v) is 17.0. The van der Waals surface area contributed by atoms with Gasteiger partial charge in [0.2, 0.25) is 0 Å². The Morgan fingerprint density at radius 1 is 1.17 bits per heavy atom. The van der Waals surface area contributed by atoms with Gasteiger partial charge in [-0.15, -0.1) is 5.10 Å². The molecule has 0 saturated carbocycles. The normalized spacial score (nSPS) is 16.6. The first-order chi connectivity index (χ1) is 14.0. The van der Waals surface area contributed by atoms with Crippen LogP contribution in [-0.2, 0) is 0 Å². The average molecular weight is 422 g/mol. The molecule has 5 rings (SSSR count). The van der Waals surface area contributed by atoms with E-state index < -0.39 is 0 Å². The molecule has 1 atom stereocenters. The van der Waals surface area contributed by atoms with E-state index in [9.17, 15) is 0 Å². The van der Waals surface area contributed by atoms with Gasteiger partial charge in [-0.3, -0.25) is 0 Å². The second kappa shape index (κ2) is 6.75. The first kappa shape index (κ1) is 18.0. The Kier molecular flexibility index (Phi) is 4.18. The quantitative estimate of drug-likeness (QED) is 0.497. The van der Waals surface area contributed by atoms with Crippen LogP contribution >= 0.6 is 23.8 Å². The standard InChI is InChI=1S/C20H16ClN7S/c1-11-2-3-13-9-15(19-23-25-26-27(19)17(13)8-11)18-10-16(24-28(18)20(22)29)12-4-6-14(21)7-5-12/h2-9,18H,10H2,1H3,(H2,22,29). The van der Waals surface area contributed by atoms with Gasteiger partial charge in [0.1, 0.15) is 0 Å². The Balaban J connectivity index is 1.65. The maximum absolute atomic E-state index is 6.03. The fourth-order valence-corrected chi connectivity index (χ4v) is 4.03. The van der Waals surface area contributed by atoms with Crippen molar-refractivity contribution in [2.24, 2.45) is 10.8 Å². The van der Waals surface area contributed by atoms with E-state index in [-0.39, 0.29) is 11.2 Å². The summed E-state index contributed by atoms with van der Waals surface area (Å²) in [5.41, 5.74) is 11.6. The maximum atomic E-state index is 6.03.